The van der Waals surface area contributed by atoms with Gasteiger partial charge in [0.05, 0.1) is 33.0 Å². The van der Waals surface area contributed by atoms with Gasteiger partial charge in [-0.1, -0.05) is 18.2 Å². The topological polar surface area (TPSA) is 51.5 Å². The molecule has 0 spiro atoms. The Kier molecular flexibility index (Phi) is 4.92. The Hall–Kier alpha value is -2.97. The van der Waals surface area contributed by atoms with E-state index in [9.17, 15) is 5.26 Å². The number of nitriles is 1. The van der Waals surface area contributed by atoms with Crippen molar-refractivity contribution in [1.29, 1.82) is 5.26 Å². The first-order valence-corrected chi connectivity index (χ1v) is 8.42. The fraction of sp³-hybridized carbons (Fsp3) is 0.150. The van der Waals surface area contributed by atoms with Gasteiger partial charge in [-0.15, -0.1) is 11.3 Å². The summed E-state index contributed by atoms with van der Waals surface area (Å²) in [4.78, 5) is 1.02. The van der Waals surface area contributed by atoms with E-state index in [-0.39, 0.29) is 0 Å². The number of fused-ring (bicyclic) bond motifs is 1. The highest BCUT2D eigenvalue weighted by Gasteiger charge is 2.15. The Morgan fingerprint density at radius 3 is 2.24 bits per heavy atom. The summed E-state index contributed by atoms with van der Waals surface area (Å²) in [5.41, 5.74) is 1.25. The molecule has 0 amide bonds. The van der Waals surface area contributed by atoms with E-state index in [0.29, 0.717) is 22.8 Å². The minimum absolute atomic E-state index is 0.507. The summed E-state index contributed by atoms with van der Waals surface area (Å²) in [5.74, 6) is 1.55. The van der Waals surface area contributed by atoms with Crippen LogP contribution in [0.2, 0.25) is 0 Å². The van der Waals surface area contributed by atoms with E-state index < -0.39 is 0 Å². The molecule has 0 aliphatic heterocycles. The van der Waals surface area contributed by atoms with Crippen LogP contribution in [0.4, 0.5) is 0 Å². The van der Waals surface area contributed by atoms with E-state index in [1.807, 2.05) is 18.2 Å². The van der Waals surface area contributed by atoms with Gasteiger partial charge in [-0.25, -0.2) is 0 Å². The van der Waals surface area contributed by atoms with Crippen molar-refractivity contribution in [3.05, 3.63) is 52.9 Å². The SMILES string of the molecule is COc1cc(C(C#N)=Cc2cc3ccccc3s2)cc(OC)c1OC. The Morgan fingerprint density at radius 1 is 1.00 bits per heavy atom. The zero-order valence-electron chi connectivity index (χ0n) is 14.2. The molecule has 2 aromatic carbocycles. The highest BCUT2D eigenvalue weighted by molar-refractivity contribution is 7.19. The van der Waals surface area contributed by atoms with Crippen molar-refractivity contribution < 1.29 is 14.2 Å². The van der Waals surface area contributed by atoms with Crippen molar-refractivity contribution in [3.8, 4) is 23.3 Å². The number of hydrogen-bond donors (Lipinski definition) is 0. The molecule has 1 heterocycles. The lowest BCUT2D eigenvalue weighted by atomic mass is 10.0. The van der Waals surface area contributed by atoms with Crippen LogP contribution >= 0.6 is 11.3 Å². The maximum Gasteiger partial charge on any atom is 0.203 e. The lowest BCUT2D eigenvalue weighted by Crippen LogP contribution is -1.96. The van der Waals surface area contributed by atoms with Crippen LogP contribution < -0.4 is 14.2 Å². The molecule has 5 heteroatoms. The Labute approximate surface area is 150 Å². The van der Waals surface area contributed by atoms with E-state index >= 15 is 0 Å². The highest BCUT2D eigenvalue weighted by Crippen LogP contribution is 2.40. The van der Waals surface area contributed by atoms with Crippen molar-refractivity contribution in [2.45, 2.75) is 0 Å². The Balaban J connectivity index is 2.10. The zero-order chi connectivity index (χ0) is 17.8. The highest BCUT2D eigenvalue weighted by atomic mass is 32.1. The van der Waals surface area contributed by atoms with Crippen LogP contribution in [-0.4, -0.2) is 21.3 Å². The molecule has 0 saturated heterocycles. The first-order valence-electron chi connectivity index (χ1n) is 7.61. The number of thiophene rings is 1. The van der Waals surface area contributed by atoms with Crippen molar-refractivity contribution in [3.63, 3.8) is 0 Å². The van der Waals surface area contributed by atoms with Gasteiger partial charge < -0.3 is 14.2 Å². The Bertz CT molecular complexity index is 924. The van der Waals surface area contributed by atoms with Crippen LogP contribution in [0, 0.1) is 11.3 Å². The van der Waals surface area contributed by atoms with Gasteiger partial charge in [0.2, 0.25) is 5.75 Å². The number of benzene rings is 2. The van der Waals surface area contributed by atoms with Crippen LogP contribution in [-0.2, 0) is 0 Å². The van der Waals surface area contributed by atoms with Crippen molar-refractivity contribution in [2.24, 2.45) is 0 Å². The average molecular weight is 351 g/mol. The second kappa shape index (κ2) is 7.29. The minimum Gasteiger partial charge on any atom is -0.493 e. The molecular formula is C20H17NO3S. The van der Waals surface area contributed by atoms with Gasteiger partial charge in [-0.3, -0.25) is 0 Å². The van der Waals surface area contributed by atoms with Crippen LogP contribution in [0.25, 0.3) is 21.7 Å². The smallest absolute Gasteiger partial charge is 0.203 e. The van der Waals surface area contributed by atoms with Gasteiger partial charge in [-0.05, 0) is 41.3 Å². The van der Waals surface area contributed by atoms with E-state index in [2.05, 4.69) is 24.3 Å². The first-order chi connectivity index (χ1) is 12.2. The number of allylic oxidation sites excluding steroid dienone is 1. The fourth-order valence-corrected chi connectivity index (χ4v) is 3.64. The van der Waals surface area contributed by atoms with E-state index in [1.54, 1.807) is 44.8 Å². The first kappa shape index (κ1) is 16.9. The van der Waals surface area contributed by atoms with Gasteiger partial charge >= 0.3 is 0 Å². The van der Waals surface area contributed by atoms with Crippen molar-refractivity contribution >= 4 is 33.1 Å². The van der Waals surface area contributed by atoms with Gasteiger partial charge in [-0.2, -0.15) is 5.26 Å². The van der Waals surface area contributed by atoms with Gasteiger partial charge in [0, 0.05) is 9.58 Å². The summed E-state index contributed by atoms with van der Waals surface area (Å²) in [5, 5.41) is 10.8. The summed E-state index contributed by atoms with van der Waals surface area (Å²) in [7, 11) is 4.67. The van der Waals surface area contributed by atoms with E-state index in [4.69, 9.17) is 14.2 Å². The standard InChI is InChI=1S/C20H17NO3S/c1-22-17-10-14(11-18(23-2)20(17)24-3)15(12-21)9-16-8-13-6-4-5-7-19(13)25-16/h4-11H,1-3H3. The zero-order valence-corrected chi connectivity index (χ0v) is 15.0. The largest absolute Gasteiger partial charge is 0.493 e. The molecule has 0 saturated carbocycles. The molecule has 0 aliphatic rings. The summed E-state index contributed by atoms with van der Waals surface area (Å²) >= 11 is 1.65. The fourth-order valence-electron chi connectivity index (χ4n) is 2.63. The normalized spacial score (nSPS) is 11.2. The molecule has 126 valence electrons. The van der Waals surface area contributed by atoms with Gasteiger partial charge in [0.25, 0.3) is 0 Å². The molecule has 0 fully saturated rings. The predicted octanol–water partition coefficient (Wildman–Crippen LogP) is 4.99. The molecule has 25 heavy (non-hydrogen) atoms. The van der Waals surface area contributed by atoms with E-state index in [0.717, 1.165) is 10.4 Å². The molecule has 1 aromatic heterocycles. The summed E-state index contributed by atoms with van der Waals surface area (Å²) < 4.78 is 17.3. The lowest BCUT2D eigenvalue weighted by Gasteiger charge is -2.13. The quantitative estimate of drug-likeness (QED) is 0.608. The predicted molar refractivity (Wildman–Crippen MR) is 101 cm³/mol. The van der Waals surface area contributed by atoms with Gasteiger partial charge in [0.15, 0.2) is 11.5 Å². The molecule has 0 aliphatic carbocycles. The Morgan fingerprint density at radius 2 is 1.68 bits per heavy atom. The minimum atomic E-state index is 0.507. The summed E-state index contributed by atoms with van der Waals surface area (Å²) in [6.07, 6.45) is 1.88. The summed E-state index contributed by atoms with van der Waals surface area (Å²) in [6.45, 7) is 0. The van der Waals surface area contributed by atoms with Crippen molar-refractivity contribution in [1.82, 2.24) is 0 Å². The van der Waals surface area contributed by atoms with Crippen LogP contribution in [0.3, 0.4) is 0 Å². The maximum atomic E-state index is 9.64. The molecule has 0 unspecified atom stereocenters. The molecule has 3 aromatic rings. The van der Waals surface area contributed by atoms with Gasteiger partial charge in [0.1, 0.15) is 0 Å². The maximum absolute atomic E-state index is 9.64. The molecule has 0 atom stereocenters. The summed E-state index contributed by atoms with van der Waals surface area (Å²) in [6, 6.07) is 16.1. The molecule has 0 bridgehead atoms. The second-order valence-electron chi connectivity index (χ2n) is 5.27. The number of methoxy groups -OCH3 is 3. The van der Waals surface area contributed by atoms with E-state index in [1.165, 1.54) is 10.1 Å². The number of ether oxygens (including phenoxy) is 3. The third-order valence-electron chi connectivity index (χ3n) is 3.83. The molecule has 0 radical (unpaired) electrons. The second-order valence-corrected chi connectivity index (χ2v) is 6.39. The molecule has 0 N–H and O–H groups in total. The average Bonchev–Trinajstić information content (AvgIpc) is 3.07. The lowest BCUT2D eigenvalue weighted by molar-refractivity contribution is 0.324. The third kappa shape index (κ3) is 3.30. The molecule has 4 nitrogen and oxygen atoms in total. The molecule has 3 rings (SSSR count). The van der Waals surface area contributed by atoms with Crippen LogP contribution in [0.1, 0.15) is 10.4 Å². The van der Waals surface area contributed by atoms with Crippen molar-refractivity contribution in [2.75, 3.05) is 21.3 Å². The monoisotopic (exact) mass is 351 g/mol. The third-order valence-corrected chi connectivity index (χ3v) is 4.89. The van der Waals surface area contributed by atoms with Crippen LogP contribution in [0.5, 0.6) is 17.2 Å². The molecular weight excluding hydrogens is 334 g/mol. The number of nitrogens with zero attached hydrogens (tertiary/aromatic N) is 1. The number of rotatable bonds is 5. The number of hydrogen-bond acceptors (Lipinski definition) is 5. The van der Waals surface area contributed by atoms with Crippen LogP contribution in [0.15, 0.2) is 42.5 Å².